The number of urea groups is 1. The van der Waals surface area contributed by atoms with Crippen molar-refractivity contribution in [3.8, 4) is 5.75 Å². The highest BCUT2D eigenvalue weighted by atomic mass is 35.5. The lowest BCUT2D eigenvalue weighted by atomic mass is 9.98. The summed E-state index contributed by atoms with van der Waals surface area (Å²) in [6.45, 7) is 4.19. The van der Waals surface area contributed by atoms with Gasteiger partial charge in [0.15, 0.2) is 5.84 Å². The molecular weight excluding hydrogens is 527 g/mol. The summed E-state index contributed by atoms with van der Waals surface area (Å²) < 4.78 is 23.7. The third-order valence-electron chi connectivity index (χ3n) is 7.13. The predicted molar refractivity (Wildman–Crippen MR) is 145 cm³/mol. The van der Waals surface area contributed by atoms with Gasteiger partial charge in [-0.25, -0.2) is 19.2 Å². The molecule has 38 heavy (non-hydrogen) atoms. The van der Waals surface area contributed by atoms with Gasteiger partial charge in [-0.3, -0.25) is 9.88 Å². The number of halogens is 2. The van der Waals surface area contributed by atoms with Crippen LogP contribution in [0, 0.1) is 5.82 Å². The first kappa shape index (κ1) is 23.5. The van der Waals surface area contributed by atoms with Crippen molar-refractivity contribution in [2.45, 2.75) is 44.2 Å². The number of benzene rings is 1. The fourth-order valence-corrected chi connectivity index (χ4v) is 5.89. The Labute approximate surface area is 227 Å². The second kappa shape index (κ2) is 8.99. The van der Waals surface area contributed by atoms with Crippen LogP contribution in [0.3, 0.4) is 0 Å². The first-order chi connectivity index (χ1) is 18.4. The van der Waals surface area contributed by atoms with E-state index in [1.807, 2.05) is 12.1 Å². The average Bonchev–Trinajstić information content (AvgIpc) is 3.67. The minimum Gasteiger partial charge on any atom is -0.484 e. The minimum atomic E-state index is -0.515. The summed E-state index contributed by atoms with van der Waals surface area (Å²) in [5.41, 5.74) is 5.04. The molecule has 0 bridgehead atoms. The molecule has 5 heterocycles. The maximum absolute atomic E-state index is 14.4. The second-order valence-corrected chi connectivity index (χ2v) is 11.0. The zero-order chi connectivity index (χ0) is 26.0. The molecule has 8 nitrogen and oxygen atoms in total. The van der Waals surface area contributed by atoms with Crippen molar-refractivity contribution < 1.29 is 13.9 Å². The molecule has 2 amide bonds. The molecule has 1 saturated carbocycles. The number of nitrogens with zero attached hydrogens (tertiary/aromatic N) is 4. The number of pyridine rings is 2. The number of amides is 2. The van der Waals surface area contributed by atoms with Gasteiger partial charge in [0.25, 0.3) is 0 Å². The summed E-state index contributed by atoms with van der Waals surface area (Å²) in [6, 6.07) is 8.09. The van der Waals surface area contributed by atoms with Gasteiger partial charge in [-0.1, -0.05) is 18.2 Å². The number of fused-ring (bicyclic) bond motifs is 2. The molecule has 0 spiro atoms. The molecule has 3 aliphatic heterocycles. The second-order valence-electron chi connectivity index (χ2n) is 9.69. The van der Waals surface area contributed by atoms with Crippen LogP contribution in [0.25, 0.3) is 0 Å². The summed E-state index contributed by atoms with van der Waals surface area (Å²) in [4.78, 5) is 28.5. The van der Waals surface area contributed by atoms with E-state index in [1.165, 1.54) is 18.0 Å². The van der Waals surface area contributed by atoms with E-state index < -0.39 is 11.9 Å². The standard InChI is InChI=1S/C27H22ClFN6O2S/c1-13-31-26(34-38-13)20-10-19-16(24(32-20)14-4-5-14)12-35(27(36)33-19)21-11-23-15(9-17(21)28)6-7-22(37-23)25-18(29)3-2-8-30-25/h2-3,8-11,14,22H,1,4-7,12H2,(H,31,34)(H,33,36). The number of aliphatic imine (C=N–C) groups is 1. The molecule has 7 rings (SSSR count). The molecular formula is C27H22ClFN6O2S. The monoisotopic (exact) mass is 548 g/mol. The van der Waals surface area contributed by atoms with Crippen molar-refractivity contribution in [1.82, 2.24) is 14.7 Å². The van der Waals surface area contributed by atoms with Crippen molar-refractivity contribution in [1.29, 1.82) is 0 Å². The number of amidine groups is 1. The number of carbonyl (C=O) groups is 1. The largest absolute Gasteiger partial charge is 0.484 e. The highest BCUT2D eigenvalue weighted by molar-refractivity contribution is 8.02. The van der Waals surface area contributed by atoms with E-state index in [2.05, 4.69) is 26.6 Å². The number of anilines is 2. The maximum atomic E-state index is 14.4. The van der Waals surface area contributed by atoms with Crippen LogP contribution in [0.2, 0.25) is 5.02 Å². The third kappa shape index (κ3) is 4.08. The zero-order valence-electron chi connectivity index (χ0n) is 20.1. The number of ether oxygens (including phenoxy) is 1. The molecule has 0 saturated heterocycles. The van der Waals surface area contributed by atoms with Crippen molar-refractivity contribution in [2.24, 2.45) is 4.99 Å². The lowest BCUT2D eigenvalue weighted by Gasteiger charge is -2.33. The smallest absolute Gasteiger partial charge is 0.326 e. The first-order valence-corrected chi connectivity index (χ1v) is 13.6. The van der Waals surface area contributed by atoms with Crippen molar-refractivity contribution in [2.75, 3.05) is 10.2 Å². The van der Waals surface area contributed by atoms with Crippen molar-refractivity contribution in [3.05, 3.63) is 87.2 Å². The lowest BCUT2D eigenvalue weighted by molar-refractivity contribution is 0.167. The van der Waals surface area contributed by atoms with Crippen LogP contribution in [0.5, 0.6) is 5.75 Å². The fraction of sp³-hybridized carbons (Fsp3) is 0.259. The Morgan fingerprint density at radius 2 is 2.08 bits per heavy atom. The van der Waals surface area contributed by atoms with Crippen LogP contribution >= 0.6 is 23.5 Å². The normalized spacial score (nSPS) is 20.2. The summed E-state index contributed by atoms with van der Waals surface area (Å²) in [6.07, 6.45) is 4.39. The third-order valence-corrected chi connectivity index (χ3v) is 8.05. The van der Waals surface area contributed by atoms with Crippen LogP contribution in [-0.4, -0.2) is 21.8 Å². The summed E-state index contributed by atoms with van der Waals surface area (Å²) in [5.74, 6) is 1.15. The van der Waals surface area contributed by atoms with E-state index in [-0.39, 0.29) is 11.7 Å². The number of aromatic nitrogens is 2. The van der Waals surface area contributed by atoms with Crippen molar-refractivity contribution in [3.63, 3.8) is 0 Å². The topological polar surface area (TPSA) is 91.7 Å². The Hall–Kier alpha value is -3.63. The minimum absolute atomic E-state index is 0.276. The van der Waals surface area contributed by atoms with Crippen LogP contribution in [0.4, 0.5) is 20.6 Å². The Balaban J connectivity index is 1.23. The van der Waals surface area contributed by atoms with E-state index in [4.69, 9.17) is 21.3 Å². The Kier molecular flexibility index (Phi) is 5.55. The zero-order valence-corrected chi connectivity index (χ0v) is 21.7. The van der Waals surface area contributed by atoms with E-state index in [9.17, 15) is 9.18 Å². The quantitative estimate of drug-likeness (QED) is 0.375. The van der Waals surface area contributed by atoms with Gasteiger partial charge in [0, 0.05) is 35.7 Å². The number of carbonyl (C=O) groups excluding carboxylic acids is 1. The molecule has 2 aromatic heterocycles. The molecule has 4 aliphatic rings. The van der Waals surface area contributed by atoms with Crippen LogP contribution in [-0.2, 0) is 13.0 Å². The van der Waals surface area contributed by atoms with Crippen LogP contribution in [0.15, 0.2) is 53.1 Å². The highest BCUT2D eigenvalue weighted by Gasteiger charge is 2.36. The van der Waals surface area contributed by atoms with Gasteiger partial charge >= 0.3 is 6.03 Å². The van der Waals surface area contributed by atoms with Gasteiger partial charge in [-0.05, 0) is 55.5 Å². The molecule has 192 valence electrons. The number of hydrogen-bond acceptors (Lipinski definition) is 7. The van der Waals surface area contributed by atoms with Gasteiger partial charge < -0.3 is 14.8 Å². The van der Waals surface area contributed by atoms with Gasteiger partial charge in [0.05, 0.1) is 28.6 Å². The predicted octanol–water partition coefficient (Wildman–Crippen LogP) is 6.23. The lowest BCUT2D eigenvalue weighted by Crippen LogP contribution is -2.40. The number of rotatable bonds is 4. The van der Waals surface area contributed by atoms with Gasteiger partial charge in [0.1, 0.15) is 34.1 Å². The molecule has 1 atom stereocenters. The summed E-state index contributed by atoms with van der Waals surface area (Å²) in [7, 11) is 0. The number of nitrogens with one attached hydrogen (secondary N) is 2. The van der Waals surface area contributed by atoms with Gasteiger partial charge in [-0.2, -0.15) is 0 Å². The highest BCUT2D eigenvalue weighted by Crippen LogP contribution is 2.46. The average molecular weight is 549 g/mol. The molecule has 1 aliphatic carbocycles. The Bertz CT molecular complexity index is 1560. The van der Waals surface area contributed by atoms with E-state index in [0.717, 1.165) is 35.3 Å². The van der Waals surface area contributed by atoms with Gasteiger partial charge in [0.2, 0.25) is 0 Å². The molecule has 3 aromatic rings. The molecule has 1 aromatic carbocycles. The van der Waals surface area contributed by atoms with E-state index in [1.54, 1.807) is 23.2 Å². The molecule has 1 fully saturated rings. The van der Waals surface area contributed by atoms with Crippen LogP contribution < -0.4 is 19.7 Å². The molecule has 0 radical (unpaired) electrons. The molecule has 1 unspecified atom stereocenters. The molecule has 11 heteroatoms. The summed E-state index contributed by atoms with van der Waals surface area (Å²) in [5, 5.41) is 4.15. The fourth-order valence-electron chi connectivity index (χ4n) is 5.10. The van der Waals surface area contributed by atoms with Gasteiger partial charge in [-0.15, -0.1) is 0 Å². The van der Waals surface area contributed by atoms with E-state index >= 15 is 0 Å². The van der Waals surface area contributed by atoms with E-state index in [0.29, 0.717) is 58.3 Å². The number of aryl methyl sites for hydroxylation is 1. The Morgan fingerprint density at radius 1 is 1.21 bits per heavy atom. The summed E-state index contributed by atoms with van der Waals surface area (Å²) >= 11 is 8.05. The Morgan fingerprint density at radius 3 is 2.84 bits per heavy atom. The number of hydrogen-bond donors (Lipinski definition) is 2. The molecule has 2 N–H and O–H groups in total. The van der Waals surface area contributed by atoms with Crippen molar-refractivity contribution >= 4 is 46.8 Å². The first-order valence-electron chi connectivity index (χ1n) is 12.4. The SMILES string of the molecule is C=C1N=C(c2cc3c(c(C4CC4)n2)CN(c2cc4c(cc2Cl)CCC(c2ncccc2F)O4)C(=O)N3)NS1. The maximum Gasteiger partial charge on any atom is 0.326 e. The van der Waals surface area contributed by atoms with Crippen LogP contribution in [0.1, 0.15) is 59.5 Å².